The van der Waals surface area contributed by atoms with Gasteiger partial charge in [0.25, 0.3) is 0 Å². The number of nitrogens with one attached hydrogen (secondary N) is 1. The van der Waals surface area contributed by atoms with Crippen molar-refractivity contribution in [2.24, 2.45) is 0 Å². The lowest BCUT2D eigenvalue weighted by molar-refractivity contribution is 0.561. The van der Waals surface area contributed by atoms with Crippen molar-refractivity contribution in [2.75, 3.05) is 0 Å². The van der Waals surface area contributed by atoms with Crippen LogP contribution >= 0.6 is 23.6 Å². The molecule has 3 aromatic heterocycles. The van der Waals surface area contributed by atoms with Gasteiger partial charge in [0.1, 0.15) is 5.01 Å². The van der Waals surface area contributed by atoms with Crippen LogP contribution in [0, 0.1) is 4.77 Å². The van der Waals surface area contributed by atoms with Gasteiger partial charge in [0.2, 0.25) is 0 Å². The van der Waals surface area contributed by atoms with Crippen LogP contribution in [0.4, 0.5) is 0 Å². The van der Waals surface area contributed by atoms with Crippen LogP contribution in [0.5, 0.6) is 0 Å². The molecule has 3 heterocycles. The highest BCUT2D eigenvalue weighted by atomic mass is 32.1. The van der Waals surface area contributed by atoms with Crippen molar-refractivity contribution in [2.45, 2.75) is 19.4 Å². The van der Waals surface area contributed by atoms with Gasteiger partial charge in [-0.15, -0.1) is 11.3 Å². The third-order valence-corrected chi connectivity index (χ3v) is 4.22. The molecule has 0 aliphatic rings. The molecule has 0 saturated heterocycles. The zero-order valence-electron chi connectivity index (χ0n) is 10.9. The number of aromatic amines is 1. The van der Waals surface area contributed by atoms with E-state index in [1.165, 1.54) is 0 Å². The van der Waals surface area contributed by atoms with E-state index < -0.39 is 0 Å². The second-order valence-corrected chi connectivity index (χ2v) is 5.57. The summed E-state index contributed by atoms with van der Waals surface area (Å²) in [7, 11) is 0. The van der Waals surface area contributed by atoms with Crippen LogP contribution < -0.4 is 0 Å². The van der Waals surface area contributed by atoms with Gasteiger partial charge in [-0.2, -0.15) is 5.10 Å². The Morgan fingerprint density at radius 3 is 3.00 bits per heavy atom. The second kappa shape index (κ2) is 5.64. The number of thiazole rings is 1. The Morgan fingerprint density at radius 1 is 1.45 bits per heavy atom. The molecular weight excluding hydrogens is 290 g/mol. The van der Waals surface area contributed by atoms with Crippen molar-refractivity contribution in [1.29, 1.82) is 0 Å². The summed E-state index contributed by atoms with van der Waals surface area (Å²) in [4.78, 5) is 8.56. The largest absolute Gasteiger partial charge is 0.290 e. The molecule has 0 aromatic carbocycles. The topological polar surface area (TPSA) is 59.4 Å². The maximum absolute atomic E-state index is 5.39. The minimum Gasteiger partial charge on any atom is -0.290 e. The zero-order valence-corrected chi connectivity index (χ0v) is 12.5. The monoisotopic (exact) mass is 303 g/mol. The number of hydrogen-bond donors (Lipinski definition) is 1. The van der Waals surface area contributed by atoms with Crippen LogP contribution in [0.25, 0.3) is 11.4 Å². The van der Waals surface area contributed by atoms with Crippen LogP contribution in [-0.2, 0) is 0 Å². The number of hydrogen-bond acceptors (Lipinski definition) is 5. The molecule has 0 aliphatic heterocycles. The second-order valence-electron chi connectivity index (χ2n) is 4.26. The average molecular weight is 303 g/mol. The standard InChI is InChI=1S/C13H13N5S2/c1-2-10(12-15-6-7-20-12)18-11(16-17-13(18)19)9-4-3-5-14-8-9/h3-8,10H,2H2,1H3,(H,17,19). The van der Waals surface area contributed by atoms with E-state index in [1.54, 1.807) is 23.7 Å². The molecule has 0 radical (unpaired) electrons. The van der Waals surface area contributed by atoms with Crippen molar-refractivity contribution in [3.63, 3.8) is 0 Å². The SMILES string of the molecule is CCC(c1nccs1)n1c(-c2cccnc2)n[nH]c1=S. The summed E-state index contributed by atoms with van der Waals surface area (Å²) in [6.07, 6.45) is 6.24. The molecule has 1 N–H and O–H groups in total. The smallest absolute Gasteiger partial charge is 0.196 e. The Balaban J connectivity index is 2.14. The Morgan fingerprint density at radius 2 is 2.35 bits per heavy atom. The lowest BCUT2D eigenvalue weighted by atomic mass is 10.2. The number of nitrogens with zero attached hydrogens (tertiary/aromatic N) is 4. The van der Waals surface area contributed by atoms with E-state index in [0.29, 0.717) is 4.77 Å². The van der Waals surface area contributed by atoms with Crippen LogP contribution in [0.3, 0.4) is 0 Å². The molecule has 102 valence electrons. The third-order valence-electron chi connectivity index (χ3n) is 3.06. The average Bonchev–Trinajstić information content (AvgIpc) is 3.12. The molecule has 0 amide bonds. The van der Waals surface area contributed by atoms with Gasteiger partial charge in [0.05, 0.1) is 6.04 Å². The minimum atomic E-state index is 0.0939. The quantitative estimate of drug-likeness (QED) is 0.750. The first-order valence-electron chi connectivity index (χ1n) is 6.28. The number of H-pyrrole nitrogens is 1. The van der Waals surface area contributed by atoms with Crippen molar-refractivity contribution in [3.8, 4) is 11.4 Å². The summed E-state index contributed by atoms with van der Waals surface area (Å²) < 4.78 is 2.62. The number of aromatic nitrogens is 5. The van der Waals surface area contributed by atoms with E-state index >= 15 is 0 Å². The van der Waals surface area contributed by atoms with Crippen molar-refractivity contribution in [1.82, 2.24) is 24.7 Å². The molecule has 7 heteroatoms. The lowest BCUT2D eigenvalue weighted by Gasteiger charge is -2.16. The Labute approximate surface area is 125 Å². The number of pyridine rings is 1. The van der Waals surface area contributed by atoms with Crippen molar-refractivity contribution < 1.29 is 0 Å². The zero-order chi connectivity index (χ0) is 13.9. The first-order chi connectivity index (χ1) is 9.81. The summed E-state index contributed by atoms with van der Waals surface area (Å²) in [5, 5.41) is 10.2. The first kappa shape index (κ1) is 13.1. The molecule has 0 bridgehead atoms. The number of rotatable bonds is 4. The predicted molar refractivity (Wildman–Crippen MR) is 81.2 cm³/mol. The van der Waals surface area contributed by atoms with E-state index in [9.17, 15) is 0 Å². The molecule has 0 saturated carbocycles. The summed E-state index contributed by atoms with van der Waals surface area (Å²) in [6, 6.07) is 3.96. The minimum absolute atomic E-state index is 0.0939. The van der Waals surface area contributed by atoms with Crippen LogP contribution in [-0.4, -0.2) is 24.7 Å². The fraction of sp³-hybridized carbons (Fsp3) is 0.231. The summed E-state index contributed by atoms with van der Waals surface area (Å²) >= 11 is 7.02. The summed E-state index contributed by atoms with van der Waals surface area (Å²) in [5.41, 5.74) is 0.940. The van der Waals surface area contributed by atoms with Crippen LogP contribution in [0.2, 0.25) is 0 Å². The van der Waals surface area contributed by atoms with E-state index in [1.807, 2.05) is 28.3 Å². The first-order valence-corrected chi connectivity index (χ1v) is 7.56. The van der Waals surface area contributed by atoms with Crippen LogP contribution in [0.1, 0.15) is 24.4 Å². The Kier molecular flexibility index (Phi) is 3.70. The molecule has 3 aromatic rings. The maximum Gasteiger partial charge on any atom is 0.196 e. The van der Waals surface area contributed by atoms with E-state index in [0.717, 1.165) is 22.8 Å². The van der Waals surface area contributed by atoms with Gasteiger partial charge in [-0.3, -0.25) is 14.6 Å². The van der Waals surface area contributed by atoms with E-state index in [-0.39, 0.29) is 6.04 Å². The molecule has 0 spiro atoms. The fourth-order valence-corrected chi connectivity index (χ4v) is 3.23. The van der Waals surface area contributed by atoms with Crippen molar-refractivity contribution in [3.05, 3.63) is 45.9 Å². The molecule has 0 fully saturated rings. The molecule has 0 aliphatic carbocycles. The highest BCUT2D eigenvalue weighted by Gasteiger charge is 2.20. The van der Waals surface area contributed by atoms with E-state index in [4.69, 9.17) is 12.2 Å². The third kappa shape index (κ3) is 2.30. The van der Waals surface area contributed by atoms with Gasteiger partial charge in [-0.1, -0.05) is 6.92 Å². The lowest BCUT2D eigenvalue weighted by Crippen LogP contribution is -2.11. The van der Waals surface area contributed by atoms with Gasteiger partial charge in [-0.25, -0.2) is 4.98 Å². The van der Waals surface area contributed by atoms with Gasteiger partial charge in [-0.05, 0) is 30.8 Å². The fourth-order valence-electron chi connectivity index (χ4n) is 2.16. The molecular formula is C13H13N5S2. The highest BCUT2D eigenvalue weighted by Crippen LogP contribution is 2.28. The summed E-state index contributed by atoms with van der Waals surface area (Å²) in [5.74, 6) is 0.796. The van der Waals surface area contributed by atoms with Crippen LogP contribution in [0.15, 0.2) is 36.1 Å². The van der Waals surface area contributed by atoms with Gasteiger partial charge in [0.15, 0.2) is 10.6 Å². The predicted octanol–water partition coefficient (Wildman–Crippen LogP) is 3.46. The molecule has 20 heavy (non-hydrogen) atoms. The maximum atomic E-state index is 5.39. The Bertz CT molecular complexity index is 730. The molecule has 3 rings (SSSR count). The molecule has 1 unspecified atom stereocenters. The van der Waals surface area contributed by atoms with Gasteiger partial charge in [0, 0.05) is 29.5 Å². The molecule has 5 nitrogen and oxygen atoms in total. The normalized spacial score (nSPS) is 12.4. The van der Waals surface area contributed by atoms with E-state index in [2.05, 4.69) is 27.1 Å². The molecule has 1 atom stereocenters. The van der Waals surface area contributed by atoms with Gasteiger partial charge >= 0.3 is 0 Å². The van der Waals surface area contributed by atoms with Crippen molar-refractivity contribution >= 4 is 23.6 Å². The Hall–Kier alpha value is -1.86. The summed E-state index contributed by atoms with van der Waals surface area (Å²) in [6.45, 7) is 2.12. The van der Waals surface area contributed by atoms with Gasteiger partial charge < -0.3 is 0 Å². The highest BCUT2D eigenvalue weighted by molar-refractivity contribution is 7.71.